The normalized spacial score (nSPS) is 14.8. The number of rotatable bonds is 6. The van der Waals surface area contributed by atoms with Gasteiger partial charge in [-0.2, -0.15) is 0 Å². The summed E-state index contributed by atoms with van der Waals surface area (Å²) in [7, 11) is 1.56. The number of halogens is 1. The highest BCUT2D eigenvalue weighted by molar-refractivity contribution is 9.10. The second-order valence-corrected chi connectivity index (χ2v) is 6.24. The molecule has 0 saturated carbocycles. The van der Waals surface area contributed by atoms with Gasteiger partial charge in [-0.25, -0.2) is 9.79 Å². The van der Waals surface area contributed by atoms with Crippen LogP contribution in [0.2, 0.25) is 0 Å². The van der Waals surface area contributed by atoms with E-state index in [-0.39, 0.29) is 11.6 Å². The number of aliphatic imine (C=N–C) groups is 1. The van der Waals surface area contributed by atoms with Crippen molar-refractivity contribution in [1.29, 1.82) is 0 Å². The Labute approximate surface area is 159 Å². The van der Waals surface area contributed by atoms with E-state index < -0.39 is 5.97 Å². The van der Waals surface area contributed by atoms with Gasteiger partial charge in [0.15, 0.2) is 17.2 Å². The van der Waals surface area contributed by atoms with Crippen LogP contribution in [0.4, 0.5) is 0 Å². The van der Waals surface area contributed by atoms with Crippen LogP contribution in [0.5, 0.6) is 11.5 Å². The van der Waals surface area contributed by atoms with Crippen molar-refractivity contribution in [2.75, 3.05) is 13.7 Å². The molecule has 0 radical (unpaired) electrons. The van der Waals surface area contributed by atoms with Crippen LogP contribution >= 0.6 is 15.9 Å². The average Bonchev–Trinajstić information content (AvgIpc) is 3.01. The fraction of sp³-hybridized carbons (Fsp3) is 0.100. The fourth-order valence-corrected chi connectivity index (χ4v) is 2.64. The largest absolute Gasteiger partial charge is 0.493 e. The molecule has 0 N–H and O–H groups in total. The molecule has 0 bridgehead atoms. The van der Waals surface area contributed by atoms with E-state index in [9.17, 15) is 4.79 Å². The molecule has 1 aliphatic rings. The minimum atomic E-state index is -0.514. The molecular weight excluding hydrogens is 398 g/mol. The highest BCUT2D eigenvalue weighted by Crippen LogP contribution is 2.33. The summed E-state index contributed by atoms with van der Waals surface area (Å²) in [6.07, 6.45) is 3.26. The van der Waals surface area contributed by atoms with Crippen molar-refractivity contribution in [3.8, 4) is 11.5 Å². The Hall–Kier alpha value is -2.86. The molecule has 0 spiro atoms. The number of hydrogen-bond acceptors (Lipinski definition) is 5. The van der Waals surface area contributed by atoms with Crippen LogP contribution < -0.4 is 9.47 Å². The zero-order valence-corrected chi connectivity index (χ0v) is 15.7. The molecule has 0 unspecified atom stereocenters. The molecule has 1 heterocycles. The molecule has 2 aromatic carbocycles. The van der Waals surface area contributed by atoms with E-state index in [2.05, 4.69) is 27.5 Å². The number of ether oxygens (including phenoxy) is 3. The first-order valence-corrected chi connectivity index (χ1v) is 8.61. The predicted molar refractivity (Wildman–Crippen MR) is 103 cm³/mol. The zero-order chi connectivity index (χ0) is 18.5. The van der Waals surface area contributed by atoms with E-state index in [1.54, 1.807) is 25.3 Å². The van der Waals surface area contributed by atoms with Crippen LogP contribution in [0.25, 0.3) is 6.08 Å². The van der Waals surface area contributed by atoms with Gasteiger partial charge in [0.1, 0.15) is 6.61 Å². The lowest BCUT2D eigenvalue weighted by Gasteiger charge is -2.12. The summed E-state index contributed by atoms with van der Waals surface area (Å²) in [5.74, 6) is 0.831. The topological polar surface area (TPSA) is 57.1 Å². The summed E-state index contributed by atoms with van der Waals surface area (Å²) in [6, 6.07) is 12.8. The van der Waals surface area contributed by atoms with Gasteiger partial charge < -0.3 is 14.2 Å². The summed E-state index contributed by atoms with van der Waals surface area (Å²) >= 11 is 3.37. The number of carbonyl (C=O) groups excluding carboxylic acids is 1. The molecule has 0 amide bonds. The number of methoxy groups -OCH3 is 1. The van der Waals surface area contributed by atoms with E-state index in [0.29, 0.717) is 23.7 Å². The molecule has 5 nitrogen and oxygen atoms in total. The first-order chi connectivity index (χ1) is 12.6. The van der Waals surface area contributed by atoms with Crippen LogP contribution in [0.15, 0.2) is 70.3 Å². The van der Waals surface area contributed by atoms with E-state index in [1.807, 2.05) is 36.4 Å². The molecule has 1 aliphatic heterocycles. The molecule has 0 fully saturated rings. The minimum Gasteiger partial charge on any atom is -0.493 e. The Balaban J connectivity index is 1.97. The maximum Gasteiger partial charge on any atom is 0.363 e. The second kappa shape index (κ2) is 8.01. The maximum absolute atomic E-state index is 12.2. The first kappa shape index (κ1) is 17.9. The first-order valence-electron chi connectivity index (χ1n) is 7.81. The smallest absolute Gasteiger partial charge is 0.363 e. The van der Waals surface area contributed by atoms with E-state index >= 15 is 0 Å². The third-order valence-corrected chi connectivity index (χ3v) is 4.11. The van der Waals surface area contributed by atoms with Crippen molar-refractivity contribution in [2.24, 2.45) is 4.99 Å². The molecule has 6 heteroatoms. The number of nitrogens with zero attached hydrogens (tertiary/aromatic N) is 1. The maximum atomic E-state index is 12.2. The molecule has 0 atom stereocenters. The standard InChI is InChI=1S/C20H16BrNO4/c1-3-11-25-18-14(5-4-6-17(18)24-2)12-16-20(23)26-19(22-16)13-7-9-15(21)10-8-13/h3-10,12H,1,11H2,2H3/b16-12-. The van der Waals surface area contributed by atoms with Gasteiger partial charge >= 0.3 is 5.97 Å². The highest BCUT2D eigenvalue weighted by Gasteiger charge is 2.25. The quantitative estimate of drug-likeness (QED) is 0.400. The zero-order valence-electron chi connectivity index (χ0n) is 14.1. The van der Waals surface area contributed by atoms with Crippen molar-refractivity contribution in [3.63, 3.8) is 0 Å². The van der Waals surface area contributed by atoms with Crippen LogP contribution in [0.3, 0.4) is 0 Å². The van der Waals surface area contributed by atoms with Crippen LogP contribution in [0.1, 0.15) is 11.1 Å². The molecule has 3 rings (SSSR count). The number of hydrogen-bond donors (Lipinski definition) is 0. The highest BCUT2D eigenvalue weighted by atomic mass is 79.9. The number of benzene rings is 2. The molecule has 0 aromatic heterocycles. The number of para-hydroxylation sites is 1. The molecule has 2 aromatic rings. The van der Waals surface area contributed by atoms with Crippen LogP contribution in [-0.2, 0) is 9.53 Å². The van der Waals surface area contributed by atoms with E-state index in [1.165, 1.54) is 0 Å². The van der Waals surface area contributed by atoms with Gasteiger partial charge in [0, 0.05) is 15.6 Å². The van der Waals surface area contributed by atoms with Crippen molar-refractivity contribution < 1.29 is 19.0 Å². The third kappa shape index (κ3) is 3.86. The van der Waals surface area contributed by atoms with Crippen molar-refractivity contribution in [3.05, 3.63) is 76.4 Å². The lowest BCUT2D eigenvalue weighted by atomic mass is 10.1. The van der Waals surface area contributed by atoms with Gasteiger partial charge in [0.25, 0.3) is 0 Å². The summed E-state index contributed by atoms with van der Waals surface area (Å²) in [4.78, 5) is 16.5. The van der Waals surface area contributed by atoms with Gasteiger partial charge in [-0.1, -0.05) is 40.7 Å². The van der Waals surface area contributed by atoms with Crippen molar-refractivity contribution >= 4 is 33.9 Å². The minimum absolute atomic E-state index is 0.194. The van der Waals surface area contributed by atoms with Gasteiger partial charge in [0.2, 0.25) is 5.90 Å². The monoisotopic (exact) mass is 413 g/mol. The lowest BCUT2D eigenvalue weighted by Crippen LogP contribution is -2.05. The summed E-state index contributed by atoms with van der Waals surface area (Å²) in [5.41, 5.74) is 1.58. The van der Waals surface area contributed by atoms with Gasteiger partial charge in [0.05, 0.1) is 7.11 Å². The fourth-order valence-electron chi connectivity index (χ4n) is 2.38. The molecule has 26 heavy (non-hydrogen) atoms. The second-order valence-electron chi connectivity index (χ2n) is 5.32. The van der Waals surface area contributed by atoms with Gasteiger partial charge in [-0.05, 0) is 36.4 Å². The van der Waals surface area contributed by atoms with E-state index in [0.717, 1.165) is 10.0 Å². The Morgan fingerprint density at radius 3 is 2.69 bits per heavy atom. The molecule has 0 saturated heterocycles. The van der Waals surface area contributed by atoms with Crippen molar-refractivity contribution in [1.82, 2.24) is 0 Å². The average molecular weight is 414 g/mol. The van der Waals surface area contributed by atoms with E-state index in [4.69, 9.17) is 14.2 Å². The molecule has 132 valence electrons. The summed E-state index contributed by atoms with van der Waals surface area (Å²) in [5, 5.41) is 0. The summed E-state index contributed by atoms with van der Waals surface area (Å²) in [6.45, 7) is 3.96. The molecule has 0 aliphatic carbocycles. The Kier molecular flexibility index (Phi) is 5.53. The van der Waals surface area contributed by atoms with Crippen LogP contribution in [-0.4, -0.2) is 25.6 Å². The predicted octanol–water partition coefficient (Wildman–Crippen LogP) is 4.37. The number of esters is 1. The van der Waals surface area contributed by atoms with Gasteiger partial charge in [-0.15, -0.1) is 0 Å². The number of cyclic esters (lactones) is 1. The third-order valence-electron chi connectivity index (χ3n) is 3.58. The van der Waals surface area contributed by atoms with Crippen LogP contribution in [0, 0.1) is 0 Å². The lowest BCUT2D eigenvalue weighted by molar-refractivity contribution is -0.129. The molecular formula is C20H16BrNO4. The summed E-state index contributed by atoms with van der Waals surface area (Å²) < 4.78 is 17.2. The van der Waals surface area contributed by atoms with Crippen molar-refractivity contribution in [2.45, 2.75) is 0 Å². The SMILES string of the molecule is C=CCOc1c(/C=C2\N=C(c3ccc(Br)cc3)OC2=O)cccc1OC. The Morgan fingerprint density at radius 2 is 2.00 bits per heavy atom. The number of carbonyl (C=O) groups is 1. The Morgan fingerprint density at radius 1 is 1.23 bits per heavy atom. The van der Waals surface area contributed by atoms with Gasteiger partial charge in [-0.3, -0.25) is 0 Å². The Bertz CT molecular complexity index is 901.